The van der Waals surface area contributed by atoms with Crippen LogP contribution >= 0.6 is 0 Å². The third-order valence-electron chi connectivity index (χ3n) is 3.99. The zero-order valence-electron chi connectivity index (χ0n) is 11.7. The minimum Gasteiger partial charge on any atom is -0.488 e. The number of ether oxygens (including phenoxy) is 2. The molecule has 1 saturated carbocycles. The van der Waals surface area contributed by atoms with Gasteiger partial charge in [-0.15, -0.1) is 0 Å². The fraction of sp³-hybridized carbons (Fsp3) is 0.500. The molecule has 21 heavy (non-hydrogen) atoms. The summed E-state index contributed by atoms with van der Waals surface area (Å²) in [5, 5.41) is 2.99. The second kappa shape index (κ2) is 5.92. The molecule has 0 radical (unpaired) electrons. The van der Waals surface area contributed by atoms with Crippen molar-refractivity contribution in [1.82, 2.24) is 5.32 Å². The van der Waals surface area contributed by atoms with Crippen LogP contribution in [-0.4, -0.2) is 18.8 Å². The summed E-state index contributed by atoms with van der Waals surface area (Å²) < 4.78 is 37.7. The highest BCUT2D eigenvalue weighted by Gasteiger charge is 2.36. The van der Waals surface area contributed by atoms with E-state index in [4.69, 9.17) is 9.47 Å². The van der Waals surface area contributed by atoms with Crippen LogP contribution < -0.4 is 10.1 Å². The van der Waals surface area contributed by atoms with E-state index < -0.39 is 5.92 Å². The quantitative estimate of drug-likeness (QED) is 0.917. The molecule has 1 fully saturated rings. The zero-order valence-corrected chi connectivity index (χ0v) is 11.7. The Morgan fingerprint density at radius 2 is 2.10 bits per heavy atom. The number of alkyl halides is 2. The summed E-state index contributed by atoms with van der Waals surface area (Å²) in [5.74, 6) is -1.85. The van der Waals surface area contributed by atoms with E-state index in [2.05, 4.69) is 5.32 Å². The van der Waals surface area contributed by atoms with Gasteiger partial charge in [-0.2, -0.15) is 0 Å². The number of hydrogen-bond acceptors (Lipinski definition) is 3. The van der Waals surface area contributed by atoms with E-state index in [1.807, 2.05) is 24.3 Å². The molecular weight excluding hydrogens is 276 g/mol. The van der Waals surface area contributed by atoms with Crippen molar-refractivity contribution in [2.75, 3.05) is 6.61 Å². The van der Waals surface area contributed by atoms with Crippen LogP contribution in [0.15, 0.2) is 36.7 Å². The van der Waals surface area contributed by atoms with Gasteiger partial charge in [-0.1, -0.05) is 12.1 Å². The van der Waals surface area contributed by atoms with Crippen LogP contribution in [0, 0.1) is 0 Å². The lowest BCUT2D eigenvalue weighted by atomic mass is 9.82. The van der Waals surface area contributed by atoms with Crippen LogP contribution in [0.5, 0.6) is 5.75 Å². The molecule has 1 heterocycles. The Hall–Kier alpha value is -1.78. The third kappa shape index (κ3) is 3.65. The van der Waals surface area contributed by atoms with Crippen molar-refractivity contribution >= 4 is 0 Å². The first kappa shape index (κ1) is 14.2. The molecule has 1 N–H and O–H groups in total. The van der Waals surface area contributed by atoms with Crippen LogP contribution in [0.25, 0.3) is 0 Å². The van der Waals surface area contributed by atoms with E-state index >= 15 is 0 Å². The van der Waals surface area contributed by atoms with E-state index in [0.717, 1.165) is 17.7 Å². The van der Waals surface area contributed by atoms with Crippen LogP contribution in [0.4, 0.5) is 8.78 Å². The molecule has 1 aromatic rings. The van der Waals surface area contributed by atoms with Gasteiger partial charge >= 0.3 is 0 Å². The summed E-state index contributed by atoms with van der Waals surface area (Å²) in [5.41, 5.74) is 0.971. The second-order valence-electron chi connectivity index (χ2n) is 5.62. The molecule has 1 aliphatic carbocycles. The summed E-state index contributed by atoms with van der Waals surface area (Å²) in [6, 6.07) is 7.46. The van der Waals surface area contributed by atoms with Crippen LogP contribution in [0.3, 0.4) is 0 Å². The molecule has 2 atom stereocenters. The third-order valence-corrected chi connectivity index (χ3v) is 3.99. The first-order chi connectivity index (χ1) is 10.1. The summed E-state index contributed by atoms with van der Waals surface area (Å²) >= 11 is 0. The average Bonchev–Trinajstić information content (AvgIpc) is 2.98. The van der Waals surface area contributed by atoms with Crippen molar-refractivity contribution in [1.29, 1.82) is 0 Å². The van der Waals surface area contributed by atoms with Crippen molar-refractivity contribution in [3.05, 3.63) is 42.3 Å². The van der Waals surface area contributed by atoms with Gasteiger partial charge in [0.2, 0.25) is 12.2 Å². The van der Waals surface area contributed by atoms with Crippen LogP contribution in [0.1, 0.15) is 37.2 Å². The topological polar surface area (TPSA) is 30.5 Å². The lowest BCUT2D eigenvalue weighted by molar-refractivity contribution is -0.0408. The standard InChI is InChI=1S/C16H19F2NO2/c17-16(18)7-1-2-13(10-16)12-3-5-14(6-4-12)21-11-15-19-8-9-20-15/h3-6,8-9,13,15,19H,1-2,7,10-11H2/t13?,15-/m0/s1. The van der Waals surface area contributed by atoms with Gasteiger partial charge in [-0.05, 0) is 36.5 Å². The van der Waals surface area contributed by atoms with Crippen molar-refractivity contribution in [2.45, 2.75) is 43.8 Å². The average molecular weight is 295 g/mol. The van der Waals surface area contributed by atoms with E-state index in [1.54, 1.807) is 12.5 Å². The number of rotatable bonds is 4. The first-order valence-corrected chi connectivity index (χ1v) is 7.29. The summed E-state index contributed by atoms with van der Waals surface area (Å²) in [6.45, 7) is 0.397. The van der Waals surface area contributed by atoms with Crippen LogP contribution in [-0.2, 0) is 4.74 Å². The SMILES string of the molecule is FC1(F)CCCC(c2ccc(OC[C@H]3NC=CO3)cc2)C1. The molecule has 3 rings (SSSR count). The van der Waals surface area contributed by atoms with Crippen molar-refractivity contribution in [2.24, 2.45) is 0 Å². The molecule has 2 aliphatic rings. The maximum Gasteiger partial charge on any atom is 0.248 e. The number of halogens is 2. The van der Waals surface area contributed by atoms with Crippen molar-refractivity contribution in [3.63, 3.8) is 0 Å². The molecule has 0 saturated heterocycles. The fourth-order valence-corrected chi connectivity index (χ4v) is 2.87. The van der Waals surface area contributed by atoms with Gasteiger partial charge in [0, 0.05) is 19.0 Å². The monoisotopic (exact) mass is 295 g/mol. The molecule has 0 bridgehead atoms. The number of nitrogens with one attached hydrogen (secondary N) is 1. The van der Waals surface area contributed by atoms with Crippen LogP contribution in [0.2, 0.25) is 0 Å². The van der Waals surface area contributed by atoms with E-state index in [1.165, 1.54) is 0 Å². The Balaban J connectivity index is 1.56. The molecule has 0 aromatic heterocycles. The van der Waals surface area contributed by atoms with E-state index in [-0.39, 0.29) is 25.0 Å². The molecule has 114 valence electrons. The fourth-order valence-electron chi connectivity index (χ4n) is 2.87. The smallest absolute Gasteiger partial charge is 0.248 e. The Kier molecular flexibility index (Phi) is 3.99. The summed E-state index contributed by atoms with van der Waals surface area (Å²) in [4.78, 5) is 0. The summed E-state index contributed by atoms with van der Waals surface area (Å²) in [7, 11) is 0. The molecular formula is C16H19F2NO2. The van der Waals surface area contributed by atoms with Gasteiger partial charge in [0.15, 0.2) is 0 Å². The second-order valence-corrected chi connectivity index (χ2v) is 5.62. The first-order valence-electron chi connectivity index (χ1n) is 7.29. The van der Waals surface area contributed by atoms with Gasteiger partial charge < -0.3 is 14.8 Å². The van der Waals surface area contributed by atoms with Gasteiger partial charge in [-0.25, -0.2) is 8.78 Å². The maximum atomic E-state index is 13.5. The van der Waals surface area contributed by atoms with Crippen molar-refractivity contribution in [3.8, 4) is 5.75 Å². The number of hydrogen-bond donors (Lipinski definition) is 1. The number of benzene rings is 1. The van der Waals surface area contributed by atoms with E-state index in [9.17, 15) is 8.78 Å². The predicted octanol–water partition coefficient (Wildman–Crippen LogP) is 3.78. The Labute approximate surface area is 122 Å². The van der Waals surface area contributed by atoms with Gasteiger partial charge in [0.25, 0.3) is 0 Å². The highest BCUT2D eigenvalue weighted by Crippen LogP contribution is 2.41. The van der Waals surface area contributed by atoms with E-state index in [0.29, 0.717) is 13.0 Å². The molecule has 5 heteroatoms. The molecule has 1 aromatic carbocycles. The molecule has 3 nitrogen and oxygen atoms in total. The highest BCUT2D eigenvalue weighted by molar-refractivity contribution is 5.30. The minimum atomic E-state index is -2.52. The van der Waals surface area contributed by atoms with Crippen molar-refractivity contribution < 1.29 is 18.3 Å². The Morgan fingerprint density at radius 3 is 2.76 bits per heavy atom. The molecule has 0 amide bonds. The molecule has 1 aliphatic heterocycles. The van der Waals surface area contributed by atoms with Gasteiger partial charge in [-0.3, -0.25) is 0 Å². The Morgan fingerprint density at radius 1 is 1.29 bits per heavy atom. The largest absolute Gasteiger partial charge is 0.488 e. The highest BCUT2D eigenvalue weighted by atomic mass is 19.3. The normalized spacial score (nSPS) is 27.0. The molecule has 1 unspecified atom stereocenters. The lowest BCUT2D eigenvalue weighted by Gasteiger charge is -2.29. The lowest BCUT2D eigenvalue weighted by Crippen LogP contribution is -2.28. The minimum absolute atomic E-state index is 0.0210. The zero-order chi connectivity index (χ0) is 14.7. The summed E-state index contributed by atoms with van der Waals surface area (Å²) in [6.07, 6.45) is 4.54. The van der Waals surface area contributed by atoms with Gasteiger partial charge in [0.1, 0.15) is 18.6 Å². The maximum absolute atomic E-state index is 13.5. The predicted molar refractivity (Wildman–Crippen MR) is 75.2 cm³/mol. The molecule has 0 spiro atoms. The Bertz CT molecular complexity index is 494. The van der Waals surface area contributed by atoms with Gasteiger partial charge in [0.05, 0.1) is 0 Å².